The molecule has 4 aromatic rings. The third-order valence-corrected chi connectivity index (χ3v) is 6.42. The highest BCUT2D eigenvalue weighted by atomic mass is 31.0. The summed E-state index contributed by atoms with van der Waals surface area (Å²) in [6, 6.07) is 10.6. The van der Waals surface area contributed by atoms with Crippen molar-refractivity contribution in [1.82, 2.24) is 19.1 Å². The van der Waals surface area contributed by atoms with Crippen molar-refractivity contribution in [2.75, 3.05) is 11.9 Å². The van der Waals surface area contributed by atoms with Gasteiger partial charge in [-0.3, -0.25) is 9.36 Å². The van der Waals surface area contributed by atoms with Crippen LogP contribution in [0.5, 0.6) is 5.75 Å². The average molecular weight is 541 g/mol. The molecule has 0 saturated heterocycles. The Hall–Kier alpha value is -4.11. The summed E-state index contributed by atoms with van der Waals surface area (Å²) in [4.78, 5) is 45.3. The van der Waals surface area contributed by atoms with Crippen LogP contribution in [0.1, 0.15) is 30.5 Å². The molecule has 0 radical (unpaired) electrons. The van der Waals surface area contributed by atoms with Crippen LogP contribution in [0.3, 0.4) is 0 Å². The smallest absolute Gasteiger partial charge is 0.355 e. The van der Waals surface area contributed by atoms with Crippen molar-refractivity contribution in [2.24, 2.45) is 0 Å². The molecule has 0 aliphatic carbocycles. The first-order valence-electron chi connectivity index (χ1n) is 11.9. The van der Waals surface area contributed by atoms with Crippen molar-refractivity contribution in [2.45, 2.75) is 33.4 Å². The second-order valence-corrected chi connectivity index (χ2v) is 8.98. The SMILES string of the molecule is CCOc1ccc(Nc2nc(=O)n(Cc3ccc[nH]c3=O)c(=O)n2Cc2cc(F)c(P)c(F)c2)c(CC)c1. The number of halogens is 2. The molecule has 0 amide bonds. The fourth-order valence-corrected chi connectivity index (χ4v) is 4.09. The first kappa shape index (κ1) is 26.9. The van der Waals surface area contributed by atoms with Gasteiger partial charge in [-0.25, -0.2) is 22.9 Å². The molecule has 12 heteroatoms. The number of benzene rings is 2. The molecule has 0 aliphatic rings. The number of aromatic amines is 1. The quantitative estimate of drug-likeness (QED) is 0.316. The summed E-state index contributed by atoms with van der Waals surface area (Å²) in [5.41, 5.74) is -0.440. The van der Waals surface area contributed by atoms with Crippen LogP contribution in [0.15, 0.2) is 63.0 Å². The molecule has 0 spiro atoms. The number of rotatable bonds is 9. The van der Waals surface area contributed by atoms with Crippen molar-refractivity contribution < 1.29 is 13.5 Å². The zero-order valence-electron chi connectivity index (χ0n) is 20.8. The summed E-state index contributed by atoms with van der Waals surface area (Å²) in [6.07, 6.45) is 2.03. The summed E-state index contributed by atoms with van der Waals surface area (Å²) in [5, 5.41) is 2.80. The number of H-pyrrole nitrogens is 1. The van der Waals surface area contributed by atoms with Gasteiger partial charge in [0.15, 0.2) is 0 Å². The van der Waals surface area contributed by atoms with E-state index in [1.54, 1.807) is 18.2 Å². The van der Waals surface area contributed by atoms with Crippen LogP contribution in [0, 0.1) is 11.6 Å². The highest BCUT2D eigenvalue weighted by Crippen LogP contribution is 2.25. The summed E-state index contributed by atoms with van der Waals surface area (Å²) in [7, 11) is 1.99. The van der Waals surface area contributed by atoms with Crippen molar-refractivity contribution in [3.8, 4) is 5.75 Å². The van der Waals surface area contributed by atoms with E-state index in [9.17, 15) is 23.2 Å². The predicted molar refractivity (Wildman–Crippen MR) is 144 cm³/mol. The number of aromatic nitrogens is 4. The zero-order valence-corrected chi connectivity index (χ0v) is 21.9. The molecular weight excluding hydrogens is 515 g/mol. The first-order valence-corrected chi connectivity index (χ1v) is 12.4. The molecule has 4 rings (SSSR count). The molecule has 0 fully saturated rings. The number of nitrogens with zero attached hydrogens (tertiary/aromatic N) is 3. The second kappa shape index (κ2) is 11.5. The molecule has 0 aliphatic heterocycles. The maximum absolute atomic E-state index is 14.3. The van der Waals surface area contributed by atoms with E-state index < -0.39 is 28.6 Å². The lowest BCUT2D eigenvalue weighted by Gasteiger charge is -2.18. The van der Waals surface area contributed by atoms with Crippen molar-refractivity contribution in [1.29, 1.82) is 0 Å². The molecule has 2 aromatic carbocycles. The van der Waals surface area contributed by atoms with Gasteiger partial charge in [0.2, 0.25) is 5.95 Å². The van der Waals surface area contributed by atoms with Gasteiger partial charge >= 0.3 is 11.4 Å². The zero-order chi connectivity index (χ0) is 27.4. The Balaban J connectivity index is 1.85. The molecule has 38 heavy (non-hydrogen) atoms. The number of ether oxygens (including phenoxy) is 1. The minimum Gasteiger partial charge on any atom is -0.494 e. The highest BCUT2D eigenvalue weighted by molar-refractivity contribution is 7.27. The fraction of sp³-hybridized carbons (Fsp3) is 0.231. The van der Waals surface area contributed by atoms with E-state index in [-0.39, 0.29) is 35.5 Å². The van der Waals surface area contributed by atoms with E-state index in [0.29, 0.717) is 24.5 Å². The molecule has 1 unspecified atom stereocenters. The van der Waals surface area contributed by atoms with Gasteiger partial charge in [-0.1, -0.05) is 22.2 Å². The number of aryl methyl sites for hydroxylation is 1. The molecule has 1 atom stereocenters. The molecular formula is C26H26F2N5O4P. The molecule has 9 nitrogen and oxygen atoms in total. The van der Waals surface area contributed by atoms with Crippen LogP contribution in [0.2, 0.25) is 0 Å². The molecule has 0 bridgehead atoms. The third kappa shape index (κ3) is 5.73. The largest absolute Gasteiger partial charge is 0.494 e. The summed E-state index contributed by atoms with van der Waals surface area (Å²) < 4.78 is 36.0. The number of nitrogens with one attached hydrogen (secondary N) is 2. The minimum absolute atomic E-state index is 0.118. The van der Waals surface area contributed by atoms with E-state index >= 15 is 0 Å². The van der Waals surface area contributed by atoms with E-state index in [2.05, 4.69) is 15.3 Å². The lowest BCUT2D eigenvalue weighted by molar-refractivity contribution is 0.340. The molecule has 2 aromatic heterocycles. The summed E-state index contributed by atoms with van der Waals surface area (Å²) >= 11 is 0. The van der Waals surface area contributed by atoms with Crippen LogP contribution in [-0.2, 0) is 19.5 Å². The minimum atomic E-state index is -0.890. The average Bonchev–Trinajstić information content (AvgIpc) is 2.89. The predicted octanol–water partition coefficient (Wildman–Crippen LogP) is 2.67. The normalized spacial score (nSPS) is 11.0. The number of hydrogen-bond donors (Lipinski definition) is 2. The monoisotopic (exact) mass is 541 g/mol. The van der Waals surface area contributed by atoms with Crippen LogP contribution in [0.25, 0.3) is 0 Å². The maximum atomic E-state index is 14.3. The molecule has 2 N–H and O–H groups in total. The number of anilines is 2. The summed E-state index contributed by atoms with van der Waals surface area (Å²) in [5.74, 6) is -1.06. The summed E-state index contributed by atoms with van der Waals surface area (Å²) in [6.45, 7) is 3.66. The second-order valence-electron chi connectivity index (χ2n) is 8.40. The Morgan fingerprint density at radius 2 is 1.74 bits per heavy atom. The third-order valence-electron chi connectivity index (χ3n) is 5.87. The van der Waals surface area contributed by atoms with Gasteiger partial charge in [0, 0.05) is 22.8 Å². The van der Waals surface area contributed by atoms with E-state index in [1.807, 2.05) is 29.2 Å². The lowest BCUT2D eigenvalue weighted by Crippen LogP contribution is -2.43. The van der Waals surface area contributed by atoms with E-state index in [4.69, 9.17) is 4.74 Å². The number of pyridine rings is 1. The lowest BCUT2D eigenvalue weighted by atomic mass is 10.1. The Morgan fingerprint density at radius 1 is 1.00 bits per heavy atom. The number of hydrogen-bond acceptors (Lipinski definition) is 6. The van der Waals surface area contributed by atoms with Gasteiger partial charge in [-0.05, 0) is 60.9 Å². The fourth-order valence-electron chi connectivity index (χ4n) is 3.93. The van der Waals surface area contributed by atoms with Crippen LogP contribution in [-0.4, -0.2) is 25.7 Å². The molecule has 0 saturated carbocycles. The van der Waals surface area contributed by atoms with Gasteiger partial charge in [0.05, 0.1) is 19.7 Å². The van der Waals surface area contributed by atoms with Crippen molar-refractivity contribution in [3.05, 3.63) is 108 Å². The van der Waals surface area contributed by atoms with Crippen molar-refractivity contribution >= 4 is 26.2 Å². The van der Waals surface area contributed by atoms with E-state index in [1.165, 1.54) is 12.3 Å². The van der Waals surface area contributed by atoms with Crippen LogP contribution >= 0.6 is 9.24 Å². The molecule has 198 valence electrons. The van der Waals surface area contributed by atoms with Crippen molar-refractivity contribution in [3.63, 3.8) is 0 Å². The Bertz CT molecular complexity index is 1640. The van der Waals surface area contributed by atoms with Gasteiger partial charge in [-0.15, -0.1) is 0 Å². The van der Waals surface area contributed by atoms with Gasteiger partial charge in [0.1, 0.15) is 17.4 Å². The Kier molecular flexibility index (Phi) is 8.16. The van der Waals surface area contributed by atoms with Gasteiger partial charge in [-0.2, -0.15) is 4.98 Å². The van der Waals surface area contributed by atoms with Crippen LogP contribution in [0.4, 0.5) is 20.4 Å². The van der Waals surface area contributed by atoms with Gasteiger partial charge < -0.3 is 15.0 Å². The van der Waals surface area contributed by atoms with Crippen LogP contribution < -0.4 is 32.3 Å². The van der Waals surface area contributed by atoms with Gasteiger partial charge in [0.25, 0.3) is 5.56 Å². The Labute approximate surface area is 218 Å². The Morgan fingerprint density at radius 3 is 2.39 bits per heavy atom. The molecule has 2 heterocycles. The first-order chi connectivity index (χ1) is 18.2. The standard InChI is InChI=1S/C26H26F2N5O4P/c1-3-16-12-18(37-4-2)7-8-21(16)30-24-31-25(35)33(14-17-6-5-9-29-23(17)34)26(36)32(24)13-15-10-19(27)22(38)20(28)11-15/h5-12H,3-4,13-14,38H2,1-2H3,(H,29,34)(H,30,31,35). The van der Waals surface area contributed by atoms with E-state index in [0.717, 1.165) is 26.8 Å². The highest BCUT2D eigenvalue weighted by Gasteiger charge is 2.18. The topological polar surface area (TPSA) is 111 Å². The maximum Gasteiger partial charge on any atom is 0.355 e.